The Morgan fingerprint density at radius 1 is 1.59 bits per heavy atom. The summed E-state index contributed by atoms with van der Waals surface area (Å²) in [6, 6.07) is 0. The van der Waals surface area contributed by atoms with E-state index in [0.29, 0.717) is 6.54 Å². The number of oxime groups is 1. The highest BCUT2D eigenvalue weighted by Gasteiger charge is 2.35. The van der Waals surface area contributed by atoms with Crippen molar-refractivity contribution >= 4 is 17.6 Å². The van der Waals surface area contributed by atoms with Gasteiger partial charge in [-0.1, -0.05) is 18.5 Å². The molecule has 0 radical (unpaired) electrons. The summed E-state index contributed by atoms with van der Waals surface area (Å²) < 4.78 is 0. The maximum atomic E-state index is 11.7. The monoisotopic (exact) mass is 240 g/mol. The first-order valence-electron chi connectivity index (χ1n) is 5.74. The van der Waals surface area contributed by atoms with Crippen molar-refractivity contribution in [3.05, 3.63) is 0 Å². The minimum absolute atomic E-state index is 0.0396. The Morgan fingerprint density at radius 3 is 2.76 bits per heavy atom. The molecule has 0 aromatic carbocycles. The van der Waals surface area contributed by atoms with Crippen molar-refractivity contribution in [2.75, 3.05) is 6.54 Å². The fraction of sp³-hybridized carbons (Fsp3) is 0.727. The summed E-state index contributed by atoms with van der Waals surface area (Å²) in [5, 5.41) is 14.8. The molecule has 0 aromatic heterocycles. The summed E-state index contributed by atoms with van der Waals surface area (Å²) in [6.45, 7) is 2.75. The number of carboxylic acids is 1. The van der Waals surface area contributed by atoms with E-state index in [1.54, 1.807) is 0 Å². The van der Waals surface area contributed by atoms with Crippen LogP contribution in [0.15, 0.2) is 5.16 Å². The summed E-state index contributed by atoms with van der Waals surface area (Å²) in [5.74, 6) is -1.41. The van der Waals surface area contributed by atoms with Crippen LogP contribution in [-0.2, 0) is 14.4 Å². The molecule has 6 nitrogen and oxygen atoms in total. The van der Waals surface area contributed by atoms with E-state index in [-0.39, 0.29) is 23.5 Å². The van der Waals surface area contributed by atoms with E-state index < -0.39 is 12.1 Å². The molecule has 1 atom stereocenters. The number of nitrogens with zero attached hydrogens (tertiary/aromatic N) is 1. The number of rotatable bonds is 4. The smallest absolute Gasteiger partial charge is 0.353 e. The van der Waals surface area contributed by atoms with E-state index in [2.05, 4.69) is 17.4 Å². The number of aliphatic carboxylic acids is 1. The van der Waals surface area contributed by atoms with E-state index in [1.807, 2.05) is 0 Å². The zero-order chi connectivity index (χ0) is 12.5. The fourth-order valence-corrected chi connectivity index (χ4v) is 2.02. The number of carboxylic acid groups (broad SMARTS) is 1. The lowest BCUT2D eigenvalue weighted by molar-refractivity contribution is -0.132. The van der Waals surface area contributed by atoms with Crippen LogP contribution in [0.1, 0.15) is 32.6 Å². The van der Waals surface area contributed by atoms with E-state index in [4.69, 9.17) is 9.94 Å². The highest BCUT2D eigenvalue weighted by atomic mass is 16.6. The third kappa shape index (κ3) is 2.57. The molecule has 0 bridgehead atoms. The van der Waals surface area contributed by atoms with Crippen molar-refractivity contribution in [3.63, 3.8) is 0 Å². The molecule has 0 spiro atoms. The van der Waals surface area contributed by atoms with Crippen LogP contribution < -0.4 is 5.32 Å². The molecule has 0 aromatic rings. The van der Waals surface area contributed by atoms with Crippen LogP contribution in [0.5, 0.6) is 0 Å². The largest absolute Gasteiger partial charge is 0.477 e. The molecule has 1 unspecified atom stereocenters. The minimum Gasteiger partial charge on any atom is -0.477 e. The van der Waals surface area contributed by atoms with Crippen molar-refractivity contribution < 1.29 is 19.5 Å². The average Bonchev–Trinajstić information content (AvgIpc) is 2.72. The van der Waals surface area contributed by atoms with Crippen LogP contribution in [0.4, 0.5) is 0 Å². The third-order valence-electron chi connectivity index (χ3n) is 3.46. The topological polar surface area (TPSA) is 88.0 Å². The molecule has 2 rings (SSSR count). The molecule has 1 fully saturated rings. The highest BCUT2D eigenvalue weighted by Crippen LogP contribution is 2.39. The predicted octanol–water partition coefficient (Wildman–Crippen LogP) is 0.522. The molecule has 1 aliphatic heterocycles. The van der Waals surface area contributed by atoms with Crippen molar-refractivity contribution in [2.45, 2.75) is 38.7 Å². The Kier molecular flexibility index (Phi) is 3.04. The van der Waals surface area contributed by atoms with Gasteiger partial charge in [-0.25, -0.2) is 4.79 Å². The molecule has 1 aliphatic carbocycles. The fourth-order valence-electron chi connectivity index (χ4n) is 2.02. The Bertz CT molecular complexity index is 374. The molecule has 17 heavy (non-hydrogen) atoms. The van der Waals surface area contributed by atoms with Crippen LogP contribution in [-0.4, -0.2) is 35.3 Å². The molecule has 2 N–H and O–H groups in total. The molecule has 1 saturated carbocycles. The second-order valence-electron chi connectivity index (χ2n) is 5.02. The van der Waals surface area contributed by atoms with Gasteiger partial charge in [0.05, 0.1) is 0 Å². The summed E-state index contributed by atoms with van der Waals surface area (Å²) in [6.07, 6.45) is 2.70. The lowest BCUT2D eigenvalue weighted by atomic mass is 9.70. The molecule has 1 amide bonds. The first kappa shape index (κ1) is 11.9. The first-order valence-corrected chi connectivity index (χ1v) is 5.74. The van der Waals surface area contributed by atoms with Gasteiger partial charge in [0.15, 0.2) is 5.71 Å². The number of nitrogens with one attached hydrogen (secondary N) is 1. The van der Waals surface area contributed by atoms with Crippen LogP contribution >= 0.6 is 0 Å². The standard InChI is InChI=1S/C11H16N2O4/c1-11(3-2-4-11)6-12-9(14)8-5-7(10(15)16)13-17-8/h8H,2-6H2,1H3,(H,12,14)(H,15,16). The second kappa shape index (κ2) is 4.35. The van der Waals surface area contributed by atoms with Gasteiger partial charge < -0.3 is 15.3 Å². The molecular formula is C11H16N2O4. The maximum absolute atomic E-state index is 11.7. The van der Waals surface area contributed by atoms with Gasteiger partial charge in [0.2, 0.25) is 6.10 Å². The van der Waals surface area contributed by atoms with Crippen molar-refractivity contribution in [3.8, 4) is 0 Å². The number of hydrogen-bond donors (Lipinski definition) is 2. The Labute approximate surface area is 99.0 Å². The second-order valence-corrected chi connectivity index (χ2v) is 5.02. The normalized spacial score (nSPS) is 25.5. The van der Waals surface area contributed by atoms with Crippen LogP contribution in [0.2, 0.25) is 0 Å². The van der Waals surface area contributed by atoms with Gasteiger partial charge in [-0.2, -0.15) is 0 Å². The number of carbonyl (C=O) groups is 2. The summed E-state index contributed by atoms with van der Waals surface area (Å²) in [4.78, 5) is 27.1. The van der Waals surface area contributed by atoms with Gasteiger partial charge in [0, 0.05) is 13.0 Å². The van der Waals surface area contributed by atoms with Crippen molar-refractivity contribution in [2.24, 2.45) is 10.6 Å². The van der Waals surface area contributed by atoms with Gasteiger partial charge in [-0.15, -0.1) is 0 Å². The Hall–Kier alpha value is -1.59. The highest BCUT2D eigenvalue weighted by molar-refractivity contribution is 6.36. The van der Waals surface area contributed by atoms with Gasteiger partial charge in [-0.05, 0) is 18.3 Å². The quantitative estimate of drug-likeness (QED) is 0.750. The Morgan fingerprint density at radius 2 is 2.29 bits per heavy atom. The molecule has 94 valence electrons. The van der Waals surface area contributed by atoms with Gasteiger partial charge in [-0.3, -0.25) is 4.79 Å². The van der Waals surface area contributed by atoms with Gasteiger partial charge in [0.25, 0.3) is 5.91 Å². The molecule has 0 saturated heterocycles. The maximum Gasteiger partial charge on any atom is 0.353 e. The number of carbonyl (C=O) groups excluding carboxylic acids is 1. The average molecular weight is 240 g/mol. The number of hydrogen-bond acceptors (Lipinski definition) is 4. The van der Waals surface area contributed by atoms with Crippen LogP contribution in [0, 0.1) is 5.41 Å². The van der Waals surface area contributed by atoms with E-state index >= 15 is 0 Å². The lowest BCUT2D eigenvalue weighted by Gasteiger charge is -2.38. The van der Waals surface area contributed by atoms with Gasteiger partial charge >= 0.3 is 5.97 Å². The van der Waals surface area contributed by atoms with E-state index in [0.717, 1.165) is 12.8 Å². The molecule has 2 aliphatic rings. The lowest BCUT2D eigenvalue weighted by Crippen LogP contribution is -2.43. The third-order valence-corrected chi connectivity index (χ3v) is 3.46. The van der Waals surface area contributed by atoms with E-state index in [9.17, 15) is 9.59 Å². The zero-order valence-corrected chi connectivity index (χ0v) is 9.73. The molecular weight excluding hydrogens is 224 g/mol. The van der Waals surface area contributed by atoms with Crippen LogP contribution in [0.25, 0.3) is 0 Å². The summed E-state index contributed by atoms with van der Waals surface area (Å²) in [7, 11) is 0. The van der Waals surface area contributed by atoms with E-state index in [1.165, 1.54) is 6.42 Å². The Balaban J connectivity index is 1.77. The zero-order valence-electron chi connectivity index (χ0n) is 9.73. The first-order chi connectivity index (χ1) is 8.00. The van der Waals surface area contributed by atoms with Crippen LogP contribution in [0.3, 0.4) is 0 Å². The molecule has 1 heterocycles. The SMILES string of the molecule is CC1(CNC(=O)C2CC(C(=O)O)=NO2)CCC1. The van der Waals surface area contributed by atoms with Gasteiger partial charge in [0.1, 0.15) is 0 Å². The number of amides is 1. The van der Waals surface area contributed by atoms with Crippen molar-refractivity contribution in [1.29, 1.82) is 0 Å². The minimum atomic E-state index is -1.13. The molecule has 6 heteroatoms. The van der Waals surface area contributed by atoms with Crippen molar-refractivity contribution in [1.82, 2.24) is 5.32 Å². The predicted molar refractivity (Wildman–Crippen MR) is 59.5 cm³/mol. The summed E-state index contributed by atoms with van der Waals surface area (Å²) >= 11 is 0. The summed E-state index contributed by atoms with van der Waals surface area (Å²) in [5.41, 5.74) is 0.102.